The lowest BCUT2D eigenvalue weighted by Gasteiger charge is -2.39. The van der Waals surface area contributed by atoms with E-state index in [4.69, 9.17) is 28.9 Å². The first kappa shape index (κ1) is 23.4. The van der Waals surface area contributed by atoms with Crippen molar-refractivity contribution >= 4 is 40.3 Å². The minimum absolute atomic E-state index is 0.137. The highest BCUT2D eigenvalue weighted by molar-refractivity contribution is 6.42. The highest BCUT2D eigenvalue weighted by Gasteiger charge is 2.34. The fourth-order valence-electron chi connectivity index (χ4n) is 4.91. The first-order valence-corrected chi connectivity index (χ1v) is 11.9. The van der Waals surface area contributed by atoms with Crippen molar-refractivity contribution in [3.63, 3.8) is 0 Å². The van der Waals surface area contributed by atoms with Gasteiger partial charge in [-0.1, -0.05) is 47.5 Å². The summed E-state index contributed by atoms with van der Waals surface area (Å²) in [7, 11) is 0. The van der Waals surface area contributed by atoms with Gasteiger partial charge in [0.15, 0.2) is 0 Å². The molecule has 4 N–H and O–H groups in total. The second-order valence-corrected chi connectivity index (χ2v) is 9.41. The second-order valence-electron chi connectivity index (χ2n) is 8.60. The zero-order chi connectivity index (χ0) is 24.7. The number of para-hydroxylation sites is 1. The van der Waals surface area contributed by atoms with Crippen LogP contribution in [0.2, 0.25) is 10.0 Å². The summed E-state index contributed by atoms with van der Waals surface area (Å²) in [5, 5.41) is 10.1. The van der Waals surface area contributed by atoms with Gasteiger partial charge in [-0.25, -0.2) is 9.59 Å². The van der Waals surface area contributed by atoms with Crippen LogP contribution in [-0.4, -0.2) is 37.1 Å². The van der Waals surface area contributed by atoms with Gasteiger partial charge in [0.2, 0.25) is 0 Å². The van der Waals surface area contributed by atoms with Crippen molar-refractivity contribution in [3.8, 4) is 11.1 Å². The molecule has 0 saturated carbocycles. The highest BCUT2D eigenvalue weighted by atomic mass is 35.5. The maximum atomic E-state index is 13.2. The van der Waals surface area contributed by atoms with Crippen LogP contribution >= 0.6 is 23.2 Å². The van der Waals surface area contributed by atoms with Crippen molar-refractivity contribution in [1.82, 2.24) is 19.4 Å². The number of aromatic amines is 1. The number of H-pyrrole nitrogens is 1. The molecule has 0 spiro atoms. The Morgan fingerprint density at radius 2 is 2.00 bits per heavy atom. The number of primary amides is 1. The molecule has 2 aromatic heterocycles. The third-order valence-corrected chi connectivity index (χ3v) is 7.34. The molecule has 180 valence electrons. The van der Waals surface area contributed by atoms with Gasteiger partial charge in [-0.05, 0) is 42.7 Å². The topological polar surface area (TPSA) is 117 Å². The standard InChI is InChI=1S/C25H23Cl2N5O3/c26-19-7-5-14(10-20(19)27)22-11-17(8-9-31(22)24(28)34)32-21-3-1-2-18(23(21)30-25(32)35)15-4-6-16(13-33)29-12-15/h1-7,10,12,17,22,33H,8-9,11,13H2,(H2,28,34)(H,30,35). The summed E-state index contributed by atoms with van der Waals surface area (Å²) in [6.45, 7) is 0.262. The third kappa shape index (κ3) is 4.29. The van der Waals surface area contributed by atoms with Gasteiger partial charge in [-0.15, -0.1) is 0 Å². The number of amides is 2. The number of carbonyl (C=O) groups is 1. The lowest BCUT2D eigenvalue weighted by atomic mass is 9.91. The Kier molecular flexibility index (Phi) is 6.27. The quantitative estimate of drug-likeness (QED) is 0.369. The van der Waals surface area contributed by atoms with Crippen LogP contribution in [0.3, 0.4) is 0 Å². The minimum Gasteiger partial charge on any atom is -0.390 e. The van der Waals surface area contributed by atoms with Gasteiger partial charge in [-0.2, -0.15) is 0 Å². The number of nitrogens with one attached hydrogen (secondary N) is 1. The number of fused-ring (bicyclic) bond motifs is 1. The van der Waals surface area contributed by atoms with E-state index < -0.39 is 6.03 Å². The summed E-state index contributed by atoms with van der Waals surface area (Å²) in [5.74, 6) is 0. The highest BCUT2D eigenvalue weighted by Crippen LogP contribution is 2.39. The average Bonchev–Trinajstić information content (AvgIpc) is 3.21. The maximum Gasteiger partial charge on any atom is 0.326 e. The monoisotopic (exact) mass is 511 g/mol. The lowest BCUT2D eigenvalue weighted by molar-refractivity contribution is 0.136. The smallest absolute Gasteiger partial charge is 0.326 e. The maximum absolute atomic E-state index is 13.2. The fourth-order valence-corrected chi connectivity index (χ4v) is 5.22. The van der Waals surface area contributed by atoms with Crippen molar-refractivity contribution in [2.75, 3.05) is 6.54 Å². The van der Waals surface area contributed by atoms with Crippen LogP contribution in [0.1, 0.15) is 36.2 Å². The normalized spacial score (nSPS) is 18.2. The molecule has 1 saturated heterocycles. The summed E-state index contributed by atoms with van der Waals surface area (Å²) >= 11 is 12.3. The van der Waals surface area contributed by atoms with Crippen LogP contribution in [-0.2, 0) is 6.61 Å². The number of nitrogens with two attached hydrogens (primary N) is 1. The van der Waals surface area contributed by atoms with E-state index in [-0.39, 0.29) is 24.4 Å². The van der Waals surface area contributed by atoms with Crippen LogP contribution in [0.4, 0.5) is 4.79 Å². The largest absolute Gasteiger partial charge is 0.390 e. The summed E-state index contributed by atoms with van der Waals surface area (Å²) in [6.07, 6.45) is 2.75. The molecule has 2 unspecified atom stereocenters. The van der Waals surface area contributed by atoms with Crippen molar-refractivity contribution < 1.29 is 9.90 Å². The number of benzene rings is 2. The second kappa shape index (κ2) is 9.37. The molecule has 1 aliphatic heterocycles. The predicted octanol–water partition coefficient (Wildman–Crippen LogP) is 4.65. The number of aromatic nitrogens is 3. The average molecular weight is 512 g/mol. The number of likely N-dealkylation sites (tertiary alicyclic amines) is 1. The molecule has 0 aliphatic carbocycles. The van der Waals surface area contributed by atoms with Crippen molar-refractivity contribution in [3.05, 3.63) is 86.5 Å². The van der Waals surface area contributed by atoms with E-state index in [0.717, 1.165) is 22.2 Å². The molecule has 2 atom stereocenters. The first-order valence-electron chi connectivity index (χ1n) is 11.2. The lowest BCUT2D eigenvalue weighted by Crippen LogP contribution is -2.45. The molecule has 2 aromatic carbocycles. The number of piperidine rings is 1. The van der Waals surface area contributed by atoms with Gasteiger partial charge in [-0.3, -0.25) is 9.55 Å². The molecular formula is C25H23Cl2N5O3. The number of carbonyl (C=O) groups excluding carboxylic acids is 1. The molecule has 5 rings (SSSR count). The Balaban J connectivity index is 1.55. The van der Waals surface area contributed by atoms with E-state index in [0.29, 0.717) is 40.6 Å². The summed E-state index contributed by atoms with van der Waals surface area (Å²) in [6, 6.07) is 13.6. The number of aliphatic hydroxyl groups is 1. The van der Waals surface area contributed by atoms with Gasteiger partial charge in [0.05, 0.1) is 39.4 Å². The SMILES string of the molecule is NC(=O)N1CCC(n2c(=O)[nH]c3c(-c4ccc(CO)nc4)cccc32)CC1c1ccc(Cl)c(Cl)c1. The van der Waals surface area contributed by atoms with E-state index in [1.165, 1.54) is 0 Å². The summed E-state index contributed by atoms with van der Waals surface area (Å²) in [4.78, 5) is 34.3. The summed E-state index contributed by atoms with van der Waals surface area (Å²) in [5.41, 5.74) is 9.99. The number of rotatable bonds is 4. The van der Waals surface area contributed by atoms with Gasteiger partial charge < -0.3 is 20.7 Å². The predicted molar refractivity (Wildman–Crippen MR) is 135 cm³/mol. The van der Waals surface area contributed by atoms with Gasteiger partial charge in [0.1, 0.15) is 0 Å². The van der Waals surface area contributed by atoms with Crippen LogP contribution in [0.25, 0.3) is 22.2 Å². The van der Waals surface area contributed by atoms with Crippen LogP contribution in [0.5, 0.6) is 0 Å². The van der Waals surface area contributed by atoms with E-state index in [2.05, 4.69) is 9.97 Å². The fraction of sp³-hybridized carbons (Fsp3) is 0.240. The number of hydrogen-bond donors (Lipinski definition) is 3. The number of imidazole rings is 1. The van der Waals surface area contributed by atoms with Crippen molar-refractivity contribution in [1.29, 1.82) is 0 Å². The molecule has 10 heteroatoms. The van der Waals surface area contributed by atoms with E-state index in [9.17, 15) is 14.7 Å². The number of pyridine rings is 1. The Hall–Kier alpha value is -3.33. The Morgan fingerprint density at radius 1 is 1.17 bits per heavy atom. The number of halogens is 2. The molecule has 3 heterocycles. The zero-order valence-corrected chi connectivity index (χ0v) is 20.1. The molecule has 1 fully saturated rings. The molecule has 2 amide bonds. The van der Waals surface area contributed by atoms with Crippen LogP contribution in [0, 0.1) is 0 Å². The minimum atomic E-state index is -0.521. The van der Waals surface area contributed by atoms with Crippen molar-refractivity contribution in [2.45, 2.75) is 31.5 Å². The zero-order valence-electron chi connectivity index (χ0n) is 18.6. The molecule has 1 aliphatic rings. The van der Waals surface area contributed by atoms with Crippen LogP contribution < -0.4 is 11.4 Å². The van der Waals surface area contributed by atoms with E-state index >= 15 is 0 Å². The molecular weight excluding hydrogens is 489 g/mol. The Morgan fingerprint density at radius 3 is 2.69 bits per heavy atom. The van der Waals surface area contributed by atoms with E-state index in [1.54, 1.807) is 33.9 Å². The summed E-state index contributed by atoms with van der Waals surface area (Å²) < 4.78 is 1.76. The Bertz CT molecular complexity index is 1460. The van der Waals surface area contributed by atoms with Gasteiger partial charge in [0, 0.05) is 29.9 Å². The molecule has 35 heavy (non-hydrogen) atoms. The number of nitrogens with zero attached hydrogens (tertiary/aromatic N) is 3. The first-order chi connectivity index (χ1) is 16.9. The Labute approximate surface area is 210 Å². The van der Waals surface area contributed by atoms with Crippen LogP contribution in [0.15, 0.2) is 59.5 Å². The number of aliphatic hydroxyl groups excluding tert-OH is 1. The van der Waals surface area contributed by atoms with E-state index in [1.807, 2.05) is 30.3 Å². The molecule has 0 bridgehead atoms. The molecule has 4 aromatic rings. The number of hydrogen-bond acceptors (Lipinski definition) is 4. The van der Waals surface area contributed by atoms with Gasteiger partial charge in [0.25, 0.3) is 0 Å². The molecule has 0 radical (unpaired) electrons. The third-order valence-electron chi connectivity index (χ3n) is 6.60. The molecule has 8 nitrogen and oxygen atoms in total. The number of urea groups is 1. The van der Waals surface area contributed by atoms with Crippen molar-refractivity contribution in [2.24, 2.45) is 5.73 Å². The van der Waals surface area contributed by atoms with Gasteiger partial charge >= 0.3 is 11.7 Å².